The molecule has 0 spiro atoms. The summed E-state index contributed by atoms with van der Waals surface area (Å²) in [6.07, 6.45) is 0.315. The second-order valence-corrected chi connectivity index (χ2v) is 10.9. The lowest BCUT2D eigenvalue weighted by Gasteiger charge is -2.33. The standard InChI is InChI=1S/C28H32ClN3O5S/c1-5-24(28(34)30-3)31(18-21-10-6-7-11-23(21)29)27(33)19-32(25-12-8-9-13-26(25)37-4)38(35,36)22-16-14-20(2)15-17-22/h6-17,24H,5,18-19H2,1-4H3,(H,30,34)/t24-/m1/s1. The van der Waals surface area contributed by atoms with E-state index in [-0.39, 0.29) is 28.8 Å². The van der Waals surface area contributed by atoms with Crippen LogP contribution in [0.5, 0.6) is 5.75 Å². The van der Waals surface area contributed by atoms with Crippen LogP contribution < -0.4 is 14.4 Å². The molecule has 1 atom stereocenters. The predicted octanol–water partition coefficient (Wildman–Crippen LogP) is 4.41. The maximum atomic E-state index is 14.0. The Morgan fingerprint density at radius 3 is 2.24 bits per heavy atom. The highest BCUT2D eigenvalue weighted by atomic mass is 35.5. The SMILES string of the molecule is CC[C@H](C(=O)NC)N(Cc1ccccc1Cl)C(=O)CN(c1ccccc1OC)S(=O)(=O)c1ccc(C)cc1. The van der Waals surface area contributed by atoms with Crippen molar-refractivity contribution in [3.63, 3.8) is 0 Å². The van der Waals surface area contributed by atoms with Crippen molar-refractivity contribution in [2.45, 2.75) is 37.8 Å². The summed E-state index contributed by atoms with van der Waals surface area (Å²) in [5.41, 5.74) is 1.73. The molecule has 10 heteroatoms. The van der Waals surface area contributed by atoms with Gasteiger partial charge >= 0.3 is 0 Å². The van der Waals surface area contributed by atoms with E-state index in [1.165, 1.54) is 31.2 Å². The van der Waals surface area contributed by atoms with Gasteiger partial charge in [0.25, 0.3) is 10.0 Å². The molecule has 38 heavy (non-hydrogen) atoms. The maximum absolute atomic E-state index is 14.0. The number of benzene rings is 3. The molecule has 0 heterocycles. The van der Waals surface area contributed by atoms with Crippen molar-refractivity contribution in [1.82, 2.24) is 10.2 Å². The van der Waals surface area contributed by atoms with Crippen molar-refractivity contribution in [3.8, 4) is 5.75 Å². The third-order valence-electron chi connectivity index (χ3n) is 6.17. The Bertz CT molecular complexity index is 1380. The third-order valence-corrected chi connectivity index (χ3v) is 8.32. The first kappa shape index (κ1) is 29.0. The topological polar surface area (TPSA) is 96.0 Å². The molecule has 0 fully saturated rings. The van der Waals surface area contributed by atoms with Crippen molar-refractivity contribution >= 4 is 39.1 Å². The molecule has 0 aliphatic rings. The molecule has 3 aromatic carbocycles. The van der Waals surface area contributed by atoms with Gasteiger partial charge in [-0.05, 0) is 49.2 Å². The van der Waals surface area contributed by atoms with Crippen LogP contribution in [-0.2, 0) is 26.2 Å². The number of amides is 2. The van der Waals surface area contributed by atoms with Crippen molar-refractivity contribution in [1.29, 1.82) is 0 Å². The Morgan fingerprint density at radius 2 is 1.63 bits per heavy atom. The van der Waals surface area contributed by atoms with Crippen molar-refractivity contribution in [2.75, 3.05) is 25.0 Å². The molecule has 0 aromatic heterocycles. The molecule has 0 aliphatic carbocycles. The first-order chi connectivity index (χ1) is 18.1. The van der Waals surface area contributed by atoms with E-state index in [1.807, 2.05) is 6.92 Å². The summed E-state index contributed by atoms with van der Waals surface area (Å²) < 4.78 is 34.3. The molecule has 0 saturated heterocycles. The van der Waals surface area contributed by atoms with Crippen LogP contribution in [-0.4, -0.2) is 51.9 Å². The molecule has 0 aliphatic heterocycles. The van der Waals surface area contributed by atoms with E-state index >= 15 is 0 Å². The van der Waals surface area contributed by atoms with E-state index in [2.05, 4.69) is 5.32 Å². The Morgan fingerprint density at radius 1 is 1.00 bits per heavy atom. The number of carbonyl (C=O) groups is 2. The number of likely N-dealkylation sites (N-methyl/N-ethyl adjacent to an activating group) is 1. The molecule has 0 bridgehead atoms. The average Bonchev–Trinajstić information content (AvgIpc) is 2.92. The van der Waals surface area contributed by atoms with E-state index < -0.39 is 28.5 Å². The summed E-state index contributed by atoms with van der Waals surface area (Å²) in [4.78, 5) is 28.1. The Kier molecular flexibility index (Phi) is 9.77. The minimum atomic E-state index is -4.19. The highest BCUT2D eigenvalue weighted by Crippen LogP contribution is 2.33. The first-order valence-electron chi connectivity index (χ1n) is 12.1. The first-order valence-corrected chi connectivity index (χ1v) is 13.9. The summed E-state index contributed by atoms with van der Waals surface area (Å²) in [7, 11) is -1.27. The number of halogens is 1. The number of para-hydroxylation sites is 2. The fraction of sp³-hybridized carbons (Fsp3) is 0.286. The summed E-state index contributed by atoms with van der Waals surface area (Å²) in [6, 6.07) is 19.1. The molecule has 1 N–H and O–H groups in total. The van der Waals surface area contributed by atoms with Gasteiger partial charge in [0.05, 0.1) is 17.7 Å². The van der Waals surface area contributed by atoms with Crippen LogP contribution in [0.25, 0.3) is 0 Å². The number of sulfonamides is 1. The van der Waals surface area contributed by atoms with Crippen LogP contribution in [0.1, 0.15) is 24.5 Å². The number of hydrogen-bond acceptors (Lipinski definition) is 5. The summed E-state index contributed by atoms with van der Waals surface area (Å²) in [5.74, 6) is -0.646. The van der Waals surface area contributed by atoms with Crippen molar-refractivity contribution in [2.24, 2.45) is 0 Å². The van der Waals surface area contributed by atoms with E-state index in [9.17, 15) is 18.0 Å². The average molecular weight is 558 g/mol. The van der Waals surface area contributed by atoms with Gasteiger partial charge < -0.3 is 15.0 Å². The van der Waals surface area contributed by atoms with Crippen LogP contribution in [0.15, 0.2) is 77.7 Å². The molecular formula is C28H32ClN3O5S. The van der Waals surface area contributed by atoms with Gasteiger partial charge in [0.1, 0.15) is 18.3 Å². The largest absolute Gasteiger partial charge is 0.495 e. The van der Waals surface area contributed by atoms with Crippen LogP contribution in [0, 0.1) is 6.92 Å². The lowest BCUT2D eigenvalue weighted by Crippen LogP contribution is -2.51. The zero-order valence-corrected chi connectivity index (χ0v) is 23.4. The quantitative estimate of drug-likeness (QED) is 0.377. The number of nitrogens with zero attached hydrogens (tertiary/aromatic N) is 2. The number of ether oxygens (including phenoxy) is 1. The zero-order valence-electron chi connectivity index (χ0n) is 21.8. The predicted molar refractivity (Wildman–Crippen MR) is 149 cm³/mol. The zero-order chi connectivity index (χ0) is 27.9. The minimum Gasteiger partial charge on any atom is -0.495 e. The van der Waals surface area contributed by atoms with Crippen molar-refractivity contribution in [3.05, 3.63) is 88.9 Å². The normalized spacial score (nSPS) is 11.9. The van der Waals surface area contributed by atoms with Gasteiger partial charge in [-0.15, -0.1) is 0 Å². The molecule has 0 radical (unpaired) electrons. The fourth-order valence-corrected chi connectivity index (χ4v) is 5.70. The van der Waals surface area contributed by atoms with Crippen LogP contribution in [0.3, 0.4) is 0 Å². The Balaban J connectivity index is 2.11. The number of aryl methyl sites for hydroxylation is 1. The second-order valence-electron chi connectivity index (χ2n) is 8.65. The number of hydrogen-bond donors (Lipinski definition) is 1. The molecule has 3 rings (SSSR count). The molecule has 202 valence electrons. The summed E-state index contributed by atoms with van der Waals surface area (Å²) in [6.45, 7) is 3.10. The summed E-state index contributed by atoms with van der Waals surface area (Å²) >= 11 is 6.38. The maximum Gasteiger partial charge on any atom is 0.264 e. The van der Waals surface area contributed by atoms with Crippen LogP contribution >= 0.6 is 11.6 Å². The third kappa shape index (κ3) is 6.46. The number of anilines is 1. The number of methoxy groups -OCH3 is 1. The van der Waals surface area contributed by atoms with Gasteiger partial charge in [-0.25, -0.2) is 8.42 Å². The van der Waals surface area contributed by atoms with E-state index in [1.54, 1.807) is 67.6 Å². The lowest BCUT2D eigenvalue weighted by molar-refractivity contribution is -0.140. The smallest absolute Gasteiger partial charge is 0.264 e. The van der Waals surface area contributed by atoms with E-state index in [0.717, 1.165) is 9.87 Å². The molecule has 0 unspecified atom stereocenters. The minimum absolute atomic E-state index is 0.0226. The van der Waals surface area contributed by atoms with Gasteiger partial charge in [0.2, 0.25) is 11.8 Å². The van der Waals surface area contributed by atoms with Gasteiger partial charge in [0.15, 0.2) is 0 Å². The van der Waals surface area contributed by atoms with Gasteiger partial charge in [0, 0.05) is 18.6 Å². The lowest BCUT2D eigenvalue weighted by atomic mass is 10.1. The van der Waals surface area contributed by atoms with E-state index in [0.29, 0.717) is 17.0 Å². The Hall–Kier alpha value is -3.56. The van der Waals surface area contributed by atoms with Crippen LogP contribution in [0.4, 0.5) is 5.69 Å². The highest BCUT2D eigenvalue weighted by molar-refractivity contribution is 7.92. The molecule has 8 nitrogen and oxygen atoms in total. The van der Waals surface area contributed by atoms with Gasteiger partial charge in [-0.2, -0.15) is 0 Å². The second kappa shape index (κ2) is 12.8. The number of nitrogens with one attached hydrogen (secondary N) is 1. The highest BCUT2D eigenvalue weighted by Gasteiger charge is 2.34. The monoisotopic (exact) mass is 557 g/mol. The van der Waals surface area contributed by atoms with Gasteiger partial charge in [-0.1, -0.05) is 66.6 Å². The van der Waals surface area contributed by atoms with Crippen molar-refractivity contribution < 1.29 is 22.7 Å². The molecular weight excluding hydrogens is 526 g/mol. The number of rotatable bonds is 11. The van der Waals surface area contributed by atoms with Crippen LogP contribution in [0.2, 0.25) is 5.02 Å². The fourth-order valence-electron chi connectivity index (χ4n) is 4.08. The number of carbonyl (C=O) groups excluding carboxylic acids is 2. The summed E-state index contributed by atoms with van der Waals surface area (Å²) in [5, 5.41) is 3.03. The molecule has 2 amide bonds. The Labute approximate surface area is 229 Å². The van der Waals surface area contributed by atoms with Gasteiger partial charge in [-0.3, -0.25) is 13.9 Å². The molecule has 3 aromatic rings. The molecule has 0 saturated carbocycles. The van der Waals surface area contributed by atoms with E-state index in [4.69, 9.17) is 16.3 Å².